The lowest BCUT2D eigenvalue weighted by molar-refractivity contribution is 0.809. The van der Waals surface area contributed by atoms with E-state index in [-0.39, 0.29) is 24.0 Å². The molecule has 1 aromatic heterocycles. The molecule has 0 aliphatic carbocycles. The van der Waals surface area contributed by atoms with E-state index in [9.17, 15) is 0 Å². The number of thiazole rings is 1. The number of halogens is 1. The number of anilines is 1. The Labute approximate surface area is 183 Å². The molecular formula is C20H28IN5S. The molecule has 2 N–H and O–H groups in total. The Kier molecular flexibility index (Phi) is 8.56. The monoisotopic (exact) mass is 497 g/mol. The van der Waals surface area contributed by atoms with Gasteiger partial charge in [0.15, 0.2) is 5.96 Å². The Balaban J connectivity index is 0.00000261. The minimum Gasteiger partial charge on any atom is -0.364 e. The second-order valence-corrected chi connectivity index (χ2v) is 7.63. The highest BCUT2D eigenvalue weighted by molar-refractivity contribution is 14.0. The van der Waals surface area contributed by atoms with Gasteiger partial charge in [0, 0.05) is 30.2 Å². The van der Waals surface area contributed by atoms with Gasteiger partial charge in [-0.3, -0.25) is 0 Å². The van der Waals surface area contributed by atoms with E-state index in [1.165, 1.54) is 16.1 Å². The topological polar surface area (TPSA) is 52.6 Å². The lowest BCUT2D eigenvalue weighted by atomic mass is 10.2. The molecule has 1 aromatic carbocycles. The molecular weight excluding hydrogens is 469 g/mol. The largest absolute Gasteiger partial charge is 0.364 e. The first-order valence-electron chi connectivity index (χ1n) is 9.09. The fourth-order valence-corrected chi connectivity index (χ4v) is 3.66. The van der Waals surface area contributed by atoms with Crippen LogP contribution in [0.15, 0.2) is 41.4 Å². The Bertz CT molecular complexity index is 755. The Morgan fingerprint density at radius 3 is 2.44 bits per heavy atom. The van der Waals surface area contributed by atoms with Crippen molar-refractivity contribution in [3.05, 3.63) is 57.6 Å². The lowest BCUT2D eigenvalue weighted by Gasteiger charge is -2.17. The maximum absolute atomic E-state index is 4.70. The van der Waals surface area contributed by atoms with Crippen molar-refractivity contribution in [2.45, 2.75) is 33.9 Å². The molecule has 27 heavy (non-hydrogen) atoms. The number of benzene rings is 1. The molecule has 1 aliphatic rings. The molecule has 0 fully saturated rings. The van der Waals surface area contributed by atoms with Crippen LogP contribution in [0, 0.1) is 13.8 Å². The van der Waals surface area contributed by atoms with Crippen molar-refractivity contribution >= 4 is 47.0 Å². The van der Waals surface area contributed by atoms with Crippen LogP contribution in [-0.2, 0) is 13.1 Å². The van der Waals surface area contributed by atoms with Crippen molar-refractivity contribution in [2.75, 3.05) is 24.5 Å². The molecule has 0 bridgehead atoms. The number of hydrogen-bond acceptors (Lipinski definition) is 4. The summed E-state index contributed by atoms with van der Waals surface area (Å²) in [6.45, 7) is 10.4. The van der Waals surface area contributed by atoms with Gasteiger partial charge < -0.3 is 15.5 Å². The number of nitrogens with one attached hydrogen (secondary N) is 2. The first-order valence-corrected chi connectivity index (χ1v) is 9.91. The quantitative estimate of drug-likeness (QED) is 0.274. The summed E-state index contributed by atoms with van der Waals surface area (Å²) in [4.78, 5) is 12.9. The van der Waals surface area contributed by atoms with Gasteiger partial charge in [-0.05, 0) is 38.5 Å². The van der Waals surface area contributed by atoms with Crippen LogP contribution in [0.25, 0.3) is 0 Å². The lowest BCUT2D eigenvalue weighted by Crippen LogP contribution is -2.36. The predicted octanol–water partition coefficient (Wildman–Crippen LogP) is 4.01. The molecule has 2 heterocycles. The van der Waals surface area contributed by atoms with Gasteiger partial charge >= 0.3 is 0 Å². The zero-order valence-corrected chi connectivity index (χ0v) is 19.3. The highest BCUT2D eigenvalue weighted by atomic mass is 127. The summed E-state index contributed by atoms with van der Waals surface area (Å²) < 4.78 is 0. The molecule has 2 aromatic rings. The van der Waals surface area contributed by atoms with E-state index in [1.807, 2.05) is 0 Å². The van der Waals surface area contributed by atoms with E-state index in [0.717, 1.165) is 36.3 Å². The molecule has 0 saturated heterocycles. The van der Waals surface area contributed by atoms with Crippen LogP contribution in [0.1, 0.15) is 28.1 Å². The van der Waals surface area contributed by atoms with Gasteiger partial charge in [0.25, 0.3) is 0 Å². The normalized spacial score (nSPS) is 13.6. The standard InChI is InChI=1S/C20H27N5S.HI/c1-4-21-20(23-14-19-24-15(2)16(3)26-19)22-13-17-7-9-18(10-8-17)25-11-5-6-12-25;/h5-10H,4,11-14H2,1-3H3,(H2,21,22,23);1H. The summed E-state index contributed by atoms with van der Waals surface area (Å²) >= 11 is 1.74. The Morgan fingerprint density at radius 2 is 1.85 bits per heavy atom. The molecule has 3 rings (SSSR count). The third-order valence-corrected chi connectivity index (χ3v) is 5.44. The van der Waals surface area contributed by atoms with Gasteiger partial charge in [-0.2, -0.15) is 0 Å². The molecule has 0 saturated carbocycles. The molecule has 0 spiro atoms. The van der Waals surface area contributed by atoms with Crippen molar-refractivity contribution in [1.29, 1.82) is 0 Å². The number of aliphatic imine (C=N–C) groups is 1. The minimum atomic E-state index is 0. The van der Waals surface area contributed by atoms with Gasteiger partial charge in [0.1, 0.15) is 5.01 Å². The van der Waals surface area contributed by atoms with Crippen molar-refractivity contribution in [2.24, 2.45) is 4.99 Å². The van der Waals surface area contributed by atoms with Crippen LogP contribution < -0.4 is 15.5 Å². The number of aromatic nitrogens is 1. The molecule has 0 amide bonds. The number of guanidine groups is 1. The zero-order valence-electron chi connectivity index (χ0n) is 16.2. The summed E-state index contributed by atoms with van der Waals surface area (Å²) in [6.07, 6.45) is 4.41. The van der Waals surface area contributed by atoms with Crippen molar-refractivity contribution in [3.63, 3.8) is 0 Å². The summed E-state index contributed by atoms with van der Waals surface area (Å²) in [7, 11) is 0. The van der Waals surface area contributed by atoms with E-state index in [2.05, 4.69) is 77.7 Å². The highest BCUT2D eigenvalue weighted by Gasteiger charge is 2.07. The maximum atomic E-state index is 4.70. The molecule has 146 valence electrons. The average Bonchev–Trinajstić information content (AvgIpc) is 3.28. The van der Waals surface area contributed by atoms with Crippen LogP contribution in [0.2, 0.25) is 0 Å². The van der Waals surface area contributed by atoms with E-state index in [0.29, 0.717) is 13.1 Å². The average molecular weight is 497 g/mol. The number of hydrogen-bond donors (Lipinski definition) is 2. The molecule has 0 radical (unpaired) electrons. The van der Waals surface area contributed by atoms with E-state index >= 15 is 0 Å². The number of aryl methyl sites for hydroxylation is 2. The van der Waals surface area contributed by atoms with E-state index in [4.69, 9.17) is 4.99 Å². The van der Waals surface area contributed by atoms with Crippen molar-refractivity contribution < 1.29 is 0 Å². The molecule has 0 unspecified atom stereocenters. The molecule has 0 atom stereocenters. The second-order valence-electron chi connectivity index (χ2n) is 6.34. The van der Waals surface area contributed by atoms with Crippen LogP contribution in [0.5, 0.6) is 0 Å². The highest BCUT2D eigenvalue weighted by Crippen LogP contribution is 2.18. The van der Waals surface area contributed by atoms with Crippen LogP contribution in [0.4, 0.5) is 5.69 Å². The third kappa shape index (κ3) is 6.21. The SMILES string of the molecule is CCNC(=NCc1ccc(N2CC=CC2)cc1)NCc1nc(C)c(C)s1.I. The molecule has 7 heteroatoms. The van der Waals surface area contributed by atoms with Gasteiger partial charge in [0.2, 0.25) is 0 Å². The molecule has 5 nitrogen and oxygen atoms in total. The summed E-state index contributed by atoms with van der Waals surface area (Å²) in [5.41, 5.74) is 3.59. The van der Waals surface area contributed by atoms with E-state index in [1.54, 1.807) is 11.3 Å². The van der Waals surface area contributed by atoms with Crippen molar-refractivity contribution in [3.8, 4) is 0 Å². The van der Waals surface area contributed by atoms with Gasteiger partial charge in [-0.1, -0.05) is 24.3 Å². The van der Waals surface area contributed by atoms with Gasteiger partial charge in [0.05, 0.1) is 18.8 Å². The Hall–Kier alpha value is -1.61. The van der Waals surface area contributed by atoms with Gasteiger partial charge in [-0.25, -0.2) is 9.98 Å². The van der Waals surface area contributed by atoms with Crippen LogP contribution >= 0.6 is 35.3 Å². The van der Waals surface area contributed by atoms with Crippen molar-refractivity contribution in [1.82, 2.24) is 15.6 Å². The van der Waals surface area contributed by atoms with E-state index < -0.39 is 0 Å². The second kappa shape index (κ2) is 10.7. The van der Waals surface area contributed by atoms with Gasteiger partial charge in [-0.15, -0.1) is 35.3 Å². The van der Waals surface area contributed by atoms with Crippen LogP contribution in [0.3, 0.4) is 0 Å². The third-order valence-electron chi connectivity index (χ3n) is 4.36. The first kappa shape index (κ1) is 21.7. The smallest absolute Gasteiger partial charge is 0.191 e. The predicted molar refractivity (Wildman–Crippen MR) is 126 cm³/mol. The molecule has 1 aliphatic heterocycles. The minimum absolute atomic E-state index is 0. The zero-order chi connectivity index (χ0) is 18.4. The summed E-state index contributed by atoms with van der Waals surface area (Å²) in [6, 6.07) is 8.68. The fourth-order valence-electron chi connectivity index (χ4n) is 2.79. The summed E-state index contributed by atoms with van der Waals surface area (Å²) in [5, 5.41) is 7.77. The number of nitrogens with zero attached hydrogens (tertiary/aromatic N) is 3. The maximum Gasteiger partial charge on any atom is 0.191 e. The summed E-state index contributed by atoms with van der Waals surface area (Å²) in [5.74, 6) is 0.825. The van der Waals surface area contributed by atoms with Crippen LogP contribution in [-0.4, -0.2) is 30.6 Å². The first-order chi connectivity index (χ1) is 12.7. The fraction of sp³-hybridized carbons (Fsp3) is 0.400. The number of rotatable bonds is 6. The Morgan fingerprint density at radius 1 is 1.15 bits per heavy atom.